The molecule has 3 N–H and O–H groups in total. The Labute approximate surface area is 175 Å². The summed E-state index contributed by atoms with van der Waals surface area (Å²) in [6.07, 6.45) is 0.809. The van der Waals surface area contributed by atoms with E-state index in [2.05, 4.69) is 15.6 Å². The zero-order chi connectivity index (χ0) is 21.6. The van der Waals surface area contributed by atoms with Crippen molar-refractivity contribution in [1.29, 1.82) is 0 Å². The van der Waals surface area contributed by atoms with Crippen molar-refractivity contribution in [2.24, 2.45) is 4.99 Å². The van der Waals surface area contributed by atoms with E-state index < -0.39 is 4.92 Å². The number of aliphatic hydroxyl groups is 1. The minimum Gasteiger partial charge on any atom is -0.497 e. The number of benzene rings is 2. The Morgan fingerprint density at radius 1 is 1.03 bits per heavy atom. The van der Waals surface area contributed by atoms with Gasteiger partial charge in [-0.05, 0) is 29.7 Å². The van der Waals surface area contributed by atoms with Gasteiger partial charge in [0.15, 0.2) is 5.96 Å². The number of nitro benzene ring substituents is 1. The second kappa shape index (κ2) is 13.1. The number of nitrogens with zero attached hydrogens (tertiary/aromatic N) is 2. The van der Waals surface area contributed by atoms with Gasteiger partial charge in [-0.3, -0.25) is 10.1 Å². The van der Waals surface area contributed by atoms with E-state index in [0.717, 1.165) is 17.7 Å². The van der Waals surface area contributed by atoms with Crippen LogP contribution >= 0.6 is 0 Å². The molecule has 162 valence electrons. The zero-order valence-electron chi connectivity index (χ0n) is 17.0. The topological polar surface area (TPSA) is 118 Å². The summed E-state index contributed by atoms with van der Waals surface area (Å²) in [4.78, 5) is 14.9. The van der Waals surface area contributed by atoms with Gasteiger partial charge >= 0.3 is 0 Å². The molecule has 0 saturated carbocycles. The normalized spacial score (nSPS) is 11.2. The van der Waals surface area contributed by atoms with E-state index in [1.165, 1.54) is 17.7 Å². The molecule has 0 aliphatic heterocycles. The fourth-order valence-corrected chi connectivity index (χ4v) is 2.59. The second-order valence-electron chi connectivity index (χ2n) is 6.38. The third kappa shape index (κ3) is 8.46. The van der Waals surface area contributed by atoms with Crippen molar-refractivity contribution in [1.82, 2.24) is 10.6 Å². The van der Waals surface area contributed by atoms with Gasteiger partial charge in [-0.15, -0.1) is 0 Å². The molecular weight excluding hydrogens is 388 g/mol. The number of rotatable bonds is 12. The van der Waals surface area contributed by atoms with Crippen molar-refractivity contribution < 1.29 is 19.5 Å². The molecule has 2 rings (SSSR count). The van der Waals surface area contributed by atoms with Gasteiger partial charge in [-0.25, -0.2) is 4.99 Å². The van der Waals surface area contributed by atoms with Crippen molar-refractivity contribution in [3.8, 4) is 5.75 Å². The quantitative estimate of drug-likeness (QED) is 0.159. The number of aliphatic imine (C=N–C) groups is 1. The number of methoxy groups -OCH3 is 1. The van der Waals surface area contributed by atoms with E-state index in [1.54, 1.807) is 19.2 Å². The van der Waals surface area contributed by atoms with Crippen molar-refractivity contribution >= 4 is 11.6 Å². The summed E-state index contributed by atoms with van der Waals surface area (Å²) in [5.41, 5.74) is 2.09. The first-order chi connectivity index (χ1) is 14.6. The Bertz CT molecular complexity index is 794. The van der Waals surface area contributed by atoms with E-state index in [-0.39, 0.29) is 12.3 Å². The summed E-state index contributed by atoms with van der Waals surface area (Å²) in [5.74, 6) is 1.44. The molecule has 0 radical (unpaired) electrons. The summed E-state index contributed by atoms with van der Waals surface area (Å²) < 4.78 is 10.4. The fourth-order valence-electron chi connectivity index (χ4n) is 2.59. The second-order valence-corrected chi connectivity index (χ2v) is 6.38. The molecule has 0 aromatic heterocycles. The van der Waals surface area contributed by atoms with Crippen molar-refractivity contribution in [3.05, 3.63) is 69.8 Å². The monoisotopic (exact) mass is 416 g/mol. The average molecular weight is 416 g/mol. The summed E-state index contributed by atoms with van der Waals surface area (Å²) in [5, 5.41) is 26.0. The third-order valence-electron chi connectivity index (χ3n) is 4.21. The van der Waals surface area contributed by atoms with Crippen molar-refractivity contribution in [2.75, 3.05) is 40.0 Å². The Morgan fingerprint density at radius 3 is 2.33 bits per heavy atom. The van der Waals surface area contributed by atoms with E-state index in [9.17, 15) is 10.1 Å². The van der Waals surface area contributed by atoms with Crippen LogP contribution in [0.1, 0.15) is 11.1 Å². The molecule has 9 nitrogen and oxygen atoms in total. The maximum absolute atomic E-state index is 10.8. The Balaban J connectivity index is 1.90. The van der Waals surface area contributed by atoms with E-state index in [1.807, 2.05) is 24.3 Å². The van der Waals surface area contributed by atoms with E-state index in [4.69, 9.17) is 14.6 Å². The number of nitrogens with one attached hydrogen (secondary N) is 2. The number of non-ortho nitro benzene ring substituents is 1. The van der Waals surface area contributed by atoms with Crippen molar-refractivity contribution in [2.45, 2.75) is 13.0 Å². The lowest BCUT2D eigenvalue weighted by molar-refractivity contribution is -0.384. The van der Waals surface area contributed by atoms with Gasteiger partial charge in [0.25, 0.3) is 5.69 Å². The standard InChI is InChI=1S/C21H28N4O5/c1-29-20-8-4-17(5-9-20)10-11-22-21(23-12-14-30-15-13-26)24-16-18-2-6-19(7-3-18)25(27)28/h2-9,26H,10-16H2,1H3,(H2,22,23,24). The number of ether oxygens (including phenoxy) is 2. The lowest BCUT2D eigenvalue weighted by Crippen LogP contribution is -2.40. The van der Waals surface area contributed by atoms with Crippen molar-refractivity contribution in [3.63, 3.8) is 0 Å². The van der Waals surface area contributed by atoms with Crippen LogP contribution in [0.3, 0.4) is 0 Å². The molecule has 2 aromatic rings. The maximum Gasteiger partial charge on any atom is 0.269 e. The van der Waals surface area contributed by atoms with Gasteiger partial charge < -0.3 is 25.2 Å². The number of aliphatic hydroxyl groups excluding tert-OH is 1. The first-order valence-corrected chi connectivity index (χ1v) is 9.69. The maximum atomic E-state index is 10.8. The largest absolute Gasteiger partial charge is 0.497 e. The van der Waals surface area contributed by atoms with Crippen LogP contribution in [0.15, 0.2) is 53.5 Å². The minimum atomic E-state index is -0.423. The van der Waals surface area contributed by atoms with Crippen LogP contribution < -0.4 is 15.4 Å². The molecule has 0 aliphatic carbocycles. The highest BCUT2D eigenvalue weighted by Crippen LogP contribution is 2.13. The molecule has 2 aromatic carbocycles. The minimum absolute atomic E-state index is 0.0127. The molecule has 0 saturated heterocycles. The Kier molecular flexibility index (Phi) is 10.1. The summed E-state index contributed by atoms with van der Waals surface area (Å²) >= 11 is 0. The smallest absolute Gasteiger partial charge is 0.269 e. The van der Waals surface area contributed by atoms with Crippen LogP contribution in [0.5, 0.6) is 5.75 Å². The van der Waals surface area contributed by atoms with Gasteiger partial charge in [0.1, 0.15) is 5.75 Å². The third-order valence-corrected chi connectivity index (χ3v) is 4.21. The molecule has 0 heterocycles. The van der Waals surface area contributed by atoms with Crippen LogP contribution in [-0.2, 0) is 17.7 Å². The fraction of sp³-hybridized carbons (Fsp3) is 0.381. The SMILES string of the molecule is COc1ccc(CCNC(=NCc2ccc([N+](=O)[O-])cc2)NCCOCCO)cc1. The number of hydrogen-bond acceptors (Lipinski definition) is 6. The molecule has 30 heavy (non-hydrogen) atoms. The first kappa shape index (κ1) is 23.1. The Hall–Kier alpha value is -3.17. The molecule has 0 unspecified atom stereocenters. The van der Waals surface area contributed by atoms with Gasteiger partial charge in [0.2, 0.25) is 0 Å². The van der Waals surface area contributed by atoms with Gasteiger partial charge in [0.05, 0.1) is 38.4 Å². The van der Waals surface area contributed by atoms with E-state index >= 15 is 0 Å². The number of guanidine groups is 1. The highest BCUT2D eigenvalue weighted by molar-refractivity contribution is 5.79. The lowest BCUT2D eigenvalue weighted by Gasteiger charge is -2.13. The predicted molar refractivity (Wildman–Crippen MR) is 115 cm³/mol. The lowest BCUT2D eigenvalue weighted by atomic mass is 10.1. The van der Waals surface area contributed by atoms with Crippen LogP contribution in [0, 0.1) is 10.1 Å². The molecule has 0 aliphatic rings. The average Bonchev–Trinajstić information content (AvgIpc) is 2.77. The zero-order valence-corrected chi connectivity index (χ0v) is 17.0. The molecule has 0 amide bonds. The van der Waals surface area contributed by atoms with Gasteiger partial charge in [-0.2, -0.15) is 0 Å². The first-order valence-electron chi connectivity index (χ1n) is 9.69. The Morgan fingerprint density at radius 2 is 1.70 bits per heavy atom. The predicted octanol–water partition coefficient (Wildman–Crippen LogP) is 1.89. The summed E-state index contributed by atoms with van der Waals surface area (Å²) in [6, 6.07) is 14.2. The molecule has 9 heteroatoms. The van der Waals surface area contributed by atoms with Crippen LogP contribution in [-0.4, -0.2) is 56.0 Å². The highest BCUT2D eigenvalue weighted by atomic mass is 16.6. The summed E-state index contributed by atoms with van der Waals surface area (Å²) in [7, 11) is 1.64. The van der Waals surface area contributed by atoms with Crippen LogP contribution in [0.2, 0.25) is 0 Å². The molecular formula is C21H28N4O5. The van der Waals surface area contributed by atoms with Gasteiger partial charge in [-0.1, -0.05) is 24.3 Å². The molecule has 0 atom stereocenters. The molecule has 0 fully saturated rings. The number of nitro groups is 1. The van der Waals surface area contributed by atoms with Crippen LogP contribution in [0.25, 0.3) is 0 Å². The highest BCUT2D eigenvalue weighted by Gasteiger charge is 2.04. The van der Waals surface area contributed by atoms with Crippen LogP contribution in [0.4, 0.5) is 5.69 Å². The summed E-state index contributed by atoms with van der Waals surface area (Å²) in [6.45, 7) is 2.32. The molecule has 0 bridgehead atoms. The number of hydrogen-bond donors (Lipinski definition) is 3. The molecule has 0 spiro atoms. The van der Waals surface area contributed by atoms with E-state index in [0.29, 0.717) is 38.8 Å². The van der Waals surface area contributed by atoms with Gasteiger partial charge in [0, 0.05) is 25.2 Å².